The summed E-state index contributed by atoms with van der Waals surface area (Å²) in [5.74, 6) is -0.481. The summed E-state index contributed by atoms with van der Waals surface area (Å²) in [6, 6.07) is 21.6. The minimum Gasteiger partial charge on any atom is -0.352 e. The van der Waals surface area contributed by atoms with Gasteiger partial charge >= 0.3 is 0 Å². The second-order valence-corrected chi connectivity index (χ2v) is 13.2. The van der Waals surface area contributed by atoms with Gasteiger partial charge < -0.3 is 10.2 Å². The molecule has 0 unspecified atom stereocenters. The summed E-state index contributed by atoms with van der Waals surface area (Å²) in [5.41, 5.74) is 4.28. The van der Waals surface area contributed by atoms with Crippen LogP contribution >= 0.6 is 11.6 Å². The van der Waals surface area contributed by atoms with Gasteiger partial charge in [-0.3, -0.25) is 13.9 Å². The van der Waals surface area contributed by atoms with Crippen LogP contribution in [0.5, 0.6) is 0 Å². The fraction of sp³-hybridized carbons (Fsp3) is 0.394. The number of benzene rings is 3. The van der Waals surface area contributed by atoms with Gasteiger partial charge in [-0.1, -0.05) is 73.1 Å². The number of halogens is 1. The normalized spacial score (nSPS) is 12.8. The predicted octanol–water partition coefficient (Wildman–Crippen LogP) is 6.06. The van der Waals surface area contributed by atoms with Gasteiger partial charge in [0.25, 0.3) is 0 Å². The van der Waals surface area contributed by atoms with E-state index in [1.165, 1.54) is 10.6 Å². The Morgan fingerprint density at radius 2 is 1.62 bits per heavy atom. The fourth-order valence-corrected chi connectivity index (χ4v) is 5.84. The van der Waals surface area contributed by atoms with E-state index in [9.17, 15) is 18.0 Å². The molecule has 0 aliphatic heterocycles. The molecule has 9 heteroatoms. The first-order chi connectivity index (χ1) is 19.9. The number of hydrogen-bond donors (Lipinski definition) is 1. The number of rotatable bonds is 14. The summed E-state index contributed by atoms with van der Waals surface area (Å²) in [4.78, 5) is 29.2. The molecule has 0 radical (unpaired) electrons. The van der Waals surface area contributed by atoms with Crippen LogP contribution in [-0.4, -0.2) is 50.0 Å². The Morgan fingerprint density at radius 3 is 2.24 bits per heavy atom. The molecule has 0 spiro atoms. The summed E-state index contributed by atoms with van der Waals surface area (Å²) in [6.07, 6.45) is 2.59. The van der Waals surface area contributed by atoms with Crippen molar-refractivity contribution in [1.82, 2.24) is 10.2 Å². The van der Waals surface area contributed by atoms with Crippen LogP contribution in [0.15, 0.2) is 72.8 Å². The number of carbonyl (C=O) groups excluding carboxylic acids is 2. The highest BCUT2D eigenvalue weighted by atomic mass is 35.5. The highest BCUT2D eigenvalue weighted by molar-refractivity contribution is 7.92. The molecule has 3 rings (SSSR count). The van der Waals surface area contributed by atoms with E-state index in [0.29, 0.717) is 17.1 Å². The van der Waals surface area contributed by atoms with Crippen LogP contribution in [0.3, 0.4) is 0 Å². The number of nitrogens with one attached hydrogen (secondary N) is 1. The van der Waals surface area contributed by atoms with Crippen molar-refractivity contribution in [2.24, 2.45) is 0 Å². The number of anilines is 1. The zero-order valence-electron chi connectivity index (χ0n) is 25.1. The highest BCUT2D eigenvalue weighted by Gasteiger charge is 2.31. The Kier molecular flexibility index (Phi) is 12.0. The molecule has 2 atom stereocenters. The van der Waals surface area contributed by atoms with Gasteiger partial charge in [0, 0.05) is 37.0 Å². The van der Waals surface area contributed by atoms with E-state index in [2.05, 4.69) is 5.32 Å². The molecule has 0 aliphatic rings. The van der Waals surface area contributed by atoms with Crippen LogP contribution in [0.1, 0.15) is 55.4 Å². The first-order valence-corrected chi connectivity index (χ1v) is 16.6. The van der Waals surface area contributed by atoms with Gasteiger partial charge in [-0.2, -0.15) is 0 Å². The number of sulfonamides is 1. The first kappa shape index (κ1) is 33.1. The van der Waals surface area contributed by atoms with Gasteiger partial charge in [-0.15, -0.1) is 0 Å². The van der Waals surface area contributed by atoms with Crippen molar-refractivity contribution in [3.8, 4) is 0 Å². The highest BCUT2D eigenvalue weighted by Crippen LogP contribution is 2.24. The third-order valence-corrected chi connectivity index (χ3v) is 9.06. The summed E-state index contributed by atoms with van der Waals surface area (Å²) in [6.45, 7) is 8.12. The zero-order chi connectivity index (χ0) is 30.9. The van der Waals surface area contributed by atoms with Gasteiger partial charge in [0.2, 0.25) is 21.8 Å². The van der Waals surface area contributed by atoms with Crippen molar-refractivity contribution in [2.75, 3.05) is 17.1 Å². The standard InChI is InChI=1S/C33H42ClN3O4S/c1-6-26(4)35-33(39)31(22-27-13-8-7-9-14-27)36(23-28-15-10-11-16-30(28)34)32(38)17-12-20-37(42(5,40)41)29-19-18-24(2)25(3)21-29/h7-11,13-16,18-19,21,26,31H,6,12,17,20,22-23H2,1-5H3,(H,35,39)/t26-,31+/m0/s1. The molecule has 0 bridgehead atoms. The Hall–Kier alpha value is -3.36. The average molecular weight is 612 g/mol. The van der Waals surface area contributed by atoms with E-state index in [4.69, 9.17) is 11.6 Å². The molecular weight excluding hydrogens is 570 g/mol. The van der Waals surface area contributed by atoms with E-state index < -0.39 is 16.1 Å². The molecule has 1 N–H and O–H groups in total. The lowest BCUT2D eigenvalue weighted by molar-refractivity contribution is -0.141. The zero-order valence-corrected chi connectivity index (χ0v) is 26.7. The molecule has 0 heterocycles. The van der Waals surface area contributed by atoms with Gasteiger partial charge in [0.05, 0.1) is 11.9 Å². The molecule has 0 aliphatic carbocycles. The molecule has 0 aromatic heterocycles. The van der Waals surface area contributed by atoms with Crippen LogP contribution < -0.4 is 9.62 Å². The van der Waals surface area contributed by atoms with Crippen LogP contribution in [0.2, 0.25) is 5.02 Å². The monoisotopic (exact) mass is 611 g/mol. The molecule has 3 aromatic rings. The molecule has 0 saturated carbocycles. The van der Waals surface area contributed by atoms with Crippen molar-refractivity contribution in [1.29, 1.82) is 0 Å². The topological polar surface area (TPSA) is 86.8 Å². The molecule has 226 valence electrons. The summed E-state index contributed by atoms with van der Waals surface area (Å²) >= 11 is 6.50. The lowest BCUT2D eigenvalue weighted by Crippen LogP contribution is -2.52. The molecule has 3 aromatic carbocycles. The van der Waals surface area contributed by atoms with E-state index in [0.717, 1.165) is 28.7 Å². The third-order valence-electron chi connectivity index (χ3n) is 7.50. The largest absolute Gasteiger partial charge is 0.352 e. The third kappa shape index (κ3) is 9.33. The van der Waals surface area contributed by atoms with Crippen molar-refractivity contribution in [2.45, 2.75) is 72.0 Å². The molecule has 0 fully saturated rings. The van der Waals surface area contributed by atoms with Crippen molar-refractivity contribution < 1.29 is 18.0 Å². The number of aryl methyl sites for hydroxylation is 2. The van der Waals surface area contributed by atoms with E-state index in [-0.39, 0.29) is 43.8 Å². The Labute approximate surface area is 255 Å². The SMILES string of the molecule is CC[C@H](C)NC(=O)[C@@H](Cc1ccccc1)N(Cc1ccccc1Cl)C(=O)CCCN(c1ccc(C)c(C)c1)S(C)(=O)=O. The van der Waals surface area contributed by atoms with Crippen LogP contribution in [0.4, 0.5) is 5.69 Å². The minimum atomic E-state index is -3.58. The molecule has 0 saturated heterocycles. The van der Waals surface area contributed by atoms with Gasteiger partial charge in [0.15, 0.2) is 0 Å². The van der Waals surface area contributed by atoms with E-state index >= 15 is 0 Å². The Bertz CT molecular complexity index is 1460. The molecule has 42 heavy (non-hydrogen) atoms. The number of amides is 2. The quantitative estimate of drug-likeness (QED) is 0.240. The van der Waals surface area contributed by atoms with Crippen LogP contribution in [0, 0.1) is 13.8 Å². The maximum absolute atomic E-state index is 14.0. The summed E-state index contributed by atoms with van der Waals surface area (Å²) in [7, 11) is -3.58. The summed E-state index contributed by atoms with van der Waals surface area (Å²) in [5, 5.41) is 3.57. The molecule has 2 amide bonds. The van der Waals surface area contributed by atoms with E-state index in [1.54, 1.807) is 17.0 Å². The Balaban J connectivity index is 1.91. The first-order valence-electron chi connectivity index (χ1n) is 14.3. The van der Waals surface area contributed by atoms with Crippen molar-refractivity contribution >= 4 is 39.1 Å². The van der Waals surface area contributed by atoms with E-state index in [1.807, 2.05) is 88.4 Å². The van der Waals surface area contributed by atoms with Gasteiger partial charge in [-0.05, 0) is 74.1 Å². The van der Waals surface area contributed by atoms with Crippen molar-refractivity contribution in [3.63, 3.8) is 0 Å². The van der Waals surface area contributed by atoms with Crippen LogP contribution in [-0.2, 0) is 32.6 Å². The molecule has 7 nitrogen and oxygen atoms in total. The lowest BCUT2D eigenvalue weighted by atomic mass is 10.0. The number of hydrogen-bond acceptors (Lipinski definition) is 4. The van der Waals surface area contributed by atoms with Gasteiger partial charge in [-0.25, -0.2) is 8.42 Å². The number of carbonyl (C=O) groups is 2. The average Bonchev–Trinajstić information content (AvgIpc) is 2.95. The summed E-state index contributed by atoms with van der Waals surface area (Å²) < 4.78 is 26.8. The maximum Gasteiger partial charge on any atom is 0.243 e. The number of nitrogens with zero attached hydrogens (tertiary/aromatic N) is 2. The fourth-order valence-electron chi connectivity index (χ4n) is 4.69. The van der Waals surface area contributed by atoms with Crippen LogP contribution in [0.25, 0.3) is 0 Å². The van der Waals surface area contributed by atoms with Gasteiger partial charge in [0.1, 0.15) is 6.04 Å². The Morgan fingerprint density at radius 1 is 0.952 bits per heavy atom. The predicted molar refractivity (Wildman–Crippen MR) is 171 cm³/mol. The lowest BCUT2D eigenvalue weighted by Gasteiger charge is -2.33. The van der Waals surface area contributed by atoms with Crippen molar-refractivity contribution in [3.05, 3.63) is 100 Å². The maximum atomic E-state index is 14.0. The smallest absolute Gasteiger partial charge is 0.243 e. The second kappa shape index (κ2) is 15.2. The second-order valence-electron chi connectivity index (χ2n) is 10.8. The minimum absolute atomic E-state index is 0.0587. The molecular formula is C33H42ClN3O4S.